The SMILES string of the molecule is Cc1ccc(C)c(-c2cc(C(=O)c3ccccc3O)cc3c(=O)c4ccccc4oc23)c1.Cc1ccc(C)c(-c2cc(C(=O)c3ccccc3O)cc3c(=O)c4ccccc4oc23)c1. The molecule has 0 fully saturated rings. The number of carbonyl (C=O) groups excluding carboxylic acids is 2. The van der Waals surface area contributed by atoms with Crippen LogP contribution in [0.1, 0.15) is 54.1 Å². The maximum absolute atomic E-state index is 13.4. The Balaban J connectivity index is 0.000000162. The van der Waals surface area contributed by atoms with Crippen molar-refractivity contribution in [3.63, 3.8) is 0 Å². The Bertz CT molecular complexity index is 3420. The average molecular weight is 841 g/mol. The fourth-order valence-electron chi connectivity index (χ4n) is 8.17. The van der Waals surface area contributed by atoms with Gasteiger partial charge >= 0.3 is 0 Å². The number of rotatable bonds is 6. The van der Waals surface area contributed by atoms with Crippen LogP contribution >= 0.6 is 0 Å². The topological polar surface area (TPSA) is 135 Å². The lowest BCUT2D eigenvalue weighted by atomic mass is 9.92. The van der Waals surface area contributed by atoms with E-state index in [4.69, 9.17) is 8.83 Å². The molecule has 2 aromatic heterocycles. The lowest BCUT2D eigenvalue weighted by molar-refractivity contribution is 0.102. The standard InChI is InChI=1S/2C28H20O4/c2*1-16-11-12-17(2)21(13-16)22-14-18(26(30)19-7-3-5-9-24(19)29)15-23-27(31)20-8-4-6-10-25(20)32-28(22)23/h2*3-15,29H,1-2H3. The van der Waals surface area contributed by atoms with Crippen LogP contribution in [0.5, 0.6) is 11.5 Å². The van der Waals surface area contributed by atoms with Gasteiger partial charge in [-0.25, -0.2) is 0 Å². The number of fused-ring (bicyclic) bond motifs is 4. The number of aryl methyl sites for hydroxylation is 4. The van der Waals surface area contributed by atoms with Crippen molar-refractivity contribution in [2.45, 2.75) is 27.7 Å². The minimum absolute atomic E-state index is 0.101. The van der Waals surface area contributed by atoms with Crippen LogP contribution in [-0.2, 0) is 0 Å². The molecule has 0 spiro atoms. The summed E-state index contributed by atoms with van der Waals surface area (Å²) in [6.07, 6.45) is 0. The number of carbonyl (C=O) groups is 2. The third kappa shape index (κ3) is 7.41. The summed E-state index contributed by atoms with van der Waals surface area (Å²) in [5.74, 6) is -0.916. The molecule has 64 heavy (non-hydrogen) atoms. The van der Waals surface area contributed by atoms with E-state index in [0.29, 0.717) is 66.1 Å². The second-order valence-electron chi connectivity index (χ2n) is 16.0. The Kier molecular flexibility index (Phi) is 10.6. The molecule has 0 aliphatic rings. The molecule has 0 atom stereocenters. The third-order valence-corrected chi connectivity index (χ3v) is 11.5. The molecule has 0 aliphatic heterocycles. The number of ketones is 2. The van der Waals surface area contributed by atoms with E-state index in [2.05, 4.69) is 0 Å². The zero-order chi connectivity index (χ0) is 44.8. The highest BCUT2D eigenvalue weighted by atomic mass is 16.3. The normalized spacial score (nSPS) is 11.2. The molecule has 0 bridgehead atoms. The van der Waals surface area contributed by atoms with Gasteiger partial charge in [-0.3, -0.25) is 19.2 Å². The largest absolute Gasteiger partial charge is 0.507 e. The van der Waals surface area contributed by atoms with E-state index >= 15 is 0 Å². The second kappa shape index (κ2) is 16.5. The Morgan fingerprint density at radius 1 is 0.406 bits per heavy atom. The number of phenolic OH excluding ortho intramolecular Hbond substituents is 2. The molecule has 8 aromatic carbocycles. The third-order valence-electron chi connectivity index (χ3n) is 11.5. The minimum Gasteiger partial charge on any atom is -0.507 e. The van der Waals surface area contributed by atoms with Crippen LogP contribution in [0.15, 0.2) is 176 Å². The number of phenols is 2. The fourth-order valence-corrected chi connectivity index (χ4v) is 8.17. The van der Waals surface area contributed by atoms with Gasteiger partial charge in [-0.2, -0.15) is 0 Å². The van der Waals surface area contributed by atoms with Gasteiger partial charge in [0.25, 0.3) is 0 Å². The molecule has 0 aliphatic carbocycles. The Hall–Kier alpha value is -8.36. The Labute approximate surface area is 366 Å². The molecule has 0 radical (unpaired) electrons. The molecule has 10 rings (SSSR count). The van der Waals surface area contributed by atoms with E-state index < -0.39 is 0 Å². The predicted molar refractivity (Wildman–Crippen MR) is 253 cm³/mol. The van der Waals surface area contributed by atoms with Gasteiger partial charge in [0.15, 0.2) is 11.6 Å². The number of hydrogen-bond donors (Lipinski definition) is 2. The average Bonchev–Trinajstić information content (AvgIpc) is 3.30. The lowest BCUT2D eigenvalue weighted by Gasteiger charge is -2.13. The van der Waals surface area contributed by atoms with Gasteiger partial charge in [-0.1, -0.05) is 96.1 Å². The molecule has 8 nitrogen and oxygen atoms in total. The molecule has 0 saturated carbocycles. The second-order valence-corrected chi connectivity index (χ2v) is 16.0. The minimum atomic E-state index is -0.357. The smallest absolute Gasteiger partial charge is 0.200 e. The summed E-state index contributed by atoms with van der Waals surface area (Å²) in [7, 11) is 0. The quantitative estimate of drug-likeness (QED) is 0.125. The van der Waals surface area contributed by atoms with Crippen LogP contribution in [0.25, 0.3) is 66.1 Å². The van der Waals surface area contributed by atoms with E-state index in [1.807, 2.05) is 76.2 Å². The summed E-state index contributed by atoms with van der Waals surface area (Å²) in [6, 6.07) is 45.7. The molecular weight excluding hydrogens is 801 g/mol. The number of para-hydroxylation sites is 4. The number of hydrogen-bond acceptors (Lipinski definition) is 8. The van der Waals surface area contributed by atoms with Crippen LogP contribution in [-0.4, -0.2) is 21.8 Å². The van der Waals surface area contributed by atoms with Gasteiger partial charge in [0, 0.05) is 22.3 Å². The fraction of sp³-hybridized carbons (Fsp3) is 0.0714. The van der Waals surface area contributed by atoms with Gasteiger partial charge in [-0.15, -0.1) is 0 Å². The van der Waals surface area contributed by atoms with Crippen molar-refractivity contribution < 1.29 is 28.6 Å². The Morgan fingerprint density at radius 3 is 1.19 bits per heavy atom. The predicted octanol–water partition coefficient (Wildman–Crippen LogP) is 12.3. The van der Waals surface area contributed by atoms with Crippen molar-refractivity contribution in [1.29, 1.82) is 0 Å². The molecule has 0 unspecified atom stereocenters. The van der Waals surface area contributed by atoms with E-state index in [0.717, 1.165) is 33.4 Å². The highest BCUT2D eigenvalue weighted by molar-refractivity contribution is 6.15. The van der Waals surface area contributed by atoms with Crippen molar-refractivity contribution in [2.24, 2.45) is 0 Å². The molecule has 2 heterocycles. The molecule has 10 aromatic rings. The summed E-state index contributed by atoms with van der Waals surface area (Å²) in [5.41, 5.74) is 9.72. The van der Waals surface area contributed by atoms with E-state index in [1.54, 1.807) is 97.1 Å². The van der Waals surface area contributed by atoms with Gasteiger partial charge in [0.2, 0.25) is 10.9 Å². The van der Waals surface area contributed by atoms with E-state index in [9.17, 15) is 29.4 Å². The van der Waals surface area contributed by atoms with Crippen LogP contribution in [0.3, 0.4) is 0 Å². The van der Waals surface area contributed by atoms with Gasteiger partial charge in [-0.05, 0) is 123 Å². The van der Waals surface area contributed by atoms with Gasteiger partial charge in [0.05, 0.1) is 32.7 Å². The summed E-state index contributed by atoms with van der Waals surface area (Å²) in [6.45, 7) is 7.95. The van der Waals surface area contributed by atoms with Crippen molar-refractivity contribution in [3.8, 4) is 33.8 Å². The molecule has 0 amide bonds. The zero-order valence-corrected chi connectivity index (χ0v) is 35.4. The number of benzene rings is 8. The van der Waals surface area contributed by atoms with E-state index in [-0.39, 0.29) is 45.0 Å². The van der Waals surface area contributed by atoms with Crippen LogP contribution < -0.4 is 10.9 Å². The van der Waals surface area contributed by atoms with Crippen molar-refractivity contribution in [1.82, 2.24) is 0 Å². The van der Waals surface area contributed by atoms with Crippen LogP contribution in [0.2, 0.25) is 0 Å². The molecule has 2 N–H and O–H groups in total. The monoisotopic (exact) mass is 840 g/mol. The zero-order valence-electron chi connectivity index (χ0n) is 35.4. The lowest BCUT2D eigenvalue weighted by Crippen LogP contribution is -2.07. The van der Waals surface area contributed by atoms with Crippen molar-refractivity contribution in [3.05, 3.63) is 223 Å². The summed E-state index contributed by atoms with van der Waals surface area (Å²) < 4.78 is 12.4. The first-order valence-electron chi connectivity index (χ1n) is 20.7. The number of aromatic hydroxyl groups is 2. The summed E-state index contributed by atoms with van der Waals surface area (Å²) in [4.78, 5) is 53.4. The van der Waals surface area contributed by atoms with Gasteiger partial charge < -0.3 is 19.0 Å². The van der Waals surface area contributed by atoms with Crippen LogP contribution in [0.4, 0.5) is 0 Å². The van der Waals surface area contributed by atoms with Gasteiger partial charge in [0.1, 0.15) is 33.8 Å². The Morgan fingerprint density at radius 2 is 0.781 bits per heavy atom. The maximum Gasteiger partial charge on any atom is 0.200 e. The highest BCUT2D eigenvalue weighted by Gasteiger charge is 2.22. The molecule has 8 heteroatoms. The van der Waals surface area contributed by atoms with Crippen molar-refractivity contribution >= 4 is 55.4 Å². The first kappa shape index (κ1) is 41.0. The molecular formula is C56H40O8. The maximum atomic E-state index is 13.4. The highest BCUT2D eigenvalue weighted by Crippen LogP contribution is 2.37. The first-order valence-corrected chi connectivity index (χ1v) is 20.7. The molecule has 312 valence electrons. The summed E-state index contributed by atoms with van der Waals surface area (Å²) >= 11 is 0. The van der Waals surface area contributed by atoms with Crippen molar-refractivity contribution in [2.75, 3.05) is 0 Å². The van der Waals surface area contributed by atoms with E-state index in [1.165, 1.54) is 12.1 Å². The van der Waals surface area contributed by atoms with Crippen LogP contribution in [0, 0.1) is 27.7 Å². The first-order chi connectivity index (χ1) is 30.9. The molecule has 0 saturated heterocycles. The summed E-state index contributed by atoms with van der Waals surface area (Å²) in [5, 5.41) is 22.0.